The van der Waals surface area contributed by atoms with Crippen LogP contribution in [0.3, 0.4) is 0 Å². The number of nitrogens with zero attached hydrogens (tertiary/aromatic N) is 2. The molecule has 5 nitrogen and oxygen atoms in total. The third-order valence-corrected chi connectivity index (χ3v) is 2.82. The van der Waals surface area contributed by atoms with E-state index < -0.39 is 0 Å². The highest BCUT2D eigenvalue weighted by Crippen LogP contribution is 2.26. The molecule has 1 saturated heterocycles. The minimum Gasteiger partial charge on any atom is -0.467 e. The van der Waals surface area contributed by atoms with Gasteiger partial charge in [0.25, 0.3) is 0 Å². The van der Waals surface area contributed by atoms with E-state index in [9.17, 15) is 4.79 Å². The number of carbonyl (C=O) groups excluding carboxylic acids is 1. The molecule has 16 heavy (non-hydrogen) atoms. The molecule has 2 N–H and O–H groups in total. The Hall–Kier alpha value is -1.78. The van der Waals surface area contributed by atoms with Crippen LogP contribution in [0.15, 0.2) is 18.3 Å². The summed E-state index contributed by atoms with van der Waals surface area (Å²) in [6, 6.07) is 3.45. The van der Waals surface area contributed by atoms with E-state index in [-0.39, 0.29) is 12.0 Å². The van der Waals surface area contributed by atoms with Gasteiger partial charge in [0.05, 0.1) is 7.11 Å². The molecule has 0 bridgehead atoms. The van der Waals surface area contributed by atoms with E-state index in [2.05, 4.69) is 4.98 Å². The van der Waals surface area contributed by atoms with Gasteiger partial charge in [-0.15, -0.1) is 0 Å². The first kappa shape index (κ1) is 10.7. The first-order chi connectivity index (χ1) is 7.72. The molecule has 0 aromatic carbocycles. The number of carbonyl (C=O) groups is 1. The van der Waals surface area contributed by atoms with Gasteiger partial charge in [-0.05, 0) is 18.9 Å². The minimum absolute atomic E-state index is 0.187. The normalized spacial score (nSPS) is 19.8. The zero-order chi connectivity index (χ0) is 11.5. The average molecular weight is 221 g/mol. The summed E-state index contributed by atoms with van der Waals surface area (Å²) < 4.78 is 4.79. The highest BCUT2D eigenvalue weighted by molar-refractivity contribution is 5.80. The van der Waals surface area contributed by atoms with E-state index in [1.54, 1.807) is 12.3 Å². The molecule has 1 unspecified atom stereocenters. The smallest absolute Gasteiger partial charge is 0.328 e. The zero-order valence-electron chi connectivity index (χ0n) is 9.22. The molecule has 2 rings (SSSR count). The Balaban J connectivity index is 2.23. The monoisotopic (exact) mass is 221 g/mol. The van der Waals surface area contributed by atoms with Crippen molar-refractivity contribution in [3.05, 3.63) is 18.3 Å². The molecule has 1 fully saturated rings. The van der Waals surface area contributed by atoms with Gasteiger partial charge in [0.2, 0.25) is 0 Å². The van der Waals surface area contributed by atoms with Crippen LogP contribution < -0.4 is 10.6 Å². The summed E-state index contributed by atoms with van der Waals surface area (Å²) in [5.74, 6) is 0.279. The summed E-state index contributed by atoms with van der Waals surface area (Å²) in [6.07, 6.45) is 3.47. The van der Waals surface area contributed by atoms with Gasteiger partial charge in [-0.2, -0.15) is 0 Å². The van der Waals surface area contributed by atoms with Crippen molar-refractivity contribution in [1.29, 1.82) is 0 Å². The Morgan fingerprint density at radius 2 is 2.50 bits per heavy atom. The second-order valence-electron chi connectivity index (χ2n) is 3.81. The van der Waals surface area contributed by atoms with Crippen LogP contribution >= 0.6 is 0 Å². The first-order valence-electron chi connectivity index (χ1n) is 5.28. The van der Waals surface area contributed by atoms with E-state index >= 15 is 0 Å². The molecule has 1 aliphatic heterocycles. The van der Waals surface area contributed by atoms with Crippen molar-refractivity contribution in [3.63, 3.8) is 0 Å². The number of anilines is 2. The molecule has 0 saturated carbocycles. The van der Waals surface area contributed by atoms with Gasteiger partial charge in [0, 0.05) is 24.5 Å². The fourth-order valence-corrected chi connectivity index (χ4v) is 2.07. The lowest BCUT2D eigenvalue weighted by Gasteiger charge is -2.24. The number of methoxy groups -OCH3 is 1. The molecule has 0 radical (unpaired) electrons. The Morgan fingerprint density at radius 3 is 3.19 bits per heavy atom. The van der Waals surface area contributed by atoms with Crippen LogP contribution in [0.2, 0.25) is 0 Å². The lowest BCUT2D eigenvalue weighted by atomic mass is 10.2. The third kappa shape index (κ3) is 1.93. The molecule has 1 aliphatic rings. The standard InChI is InChI=1S/C11H15N3O2/c1-16-11(15)9-3-2-6-14(9)8-4-5-13-10(12)7-8/h4-5,7,9H,2-3,6H2,1H3,(H2,12,13). The van der Waals surface area contributed by atoms with Crippen LogP contribution in [0.4, 0.5) is 11.5 Å². The molecular formula is C11H15N3O2. The van der Waals surface area contributed by atoms with E-state index in [1.165, 1.54) is 7.11 Å². The number of hydrogen-bond donors (Lipinski definition) is 1. The van der Waals surface area contributed by atoms with Crippen molar-refractivity contribution in [3.8, 4) is 0 Å². The van der Waals surface area contributed by atoms with Crippen LogP contribution in [0.25, 0.3) is 0 Å². The highest BCUT2D eigenvalue weighted by Gasteiger charge is 2.31. The van der Waals surface area contributed by atoms with Crippen LogP contribution in [0.1, 0.15) is 12.8 Å². The van der Waals surface area contributed by atoms with E-state index in [1.807, 2.05) is 11.0 Å². The quantitative estimate of drug-likeness (QED) is 0.748. The van der Waals surface area contributed by atoms with Crippen molar-refractivity contribution in [2.45, 2.75) is 18.9 Å². The molecule has 5 heteroatoms. The van der Waals surface area contributed by atoms with Crippen molar-refractivity contribution < 1.29 is 9.53 Å². The number of aromatic nitrogens is 1. The second kappa shape index (κ2) is 4.38. The number of pyridine rings is 1. The highest BCUT2D eigenvalue weighted by atomic mass is 16.5. The fraction of sp³-hybridized carbons (Fsp3) is 0.455. The number of nitrogens with two attached hydrogens (primary N) is 1. The summed E-state index contributed by atoms with van der Waals surface area (Å²) in [5, 5.41) is 0. The number of hydrogen-bond acceptors (Lipinski definition) is 5. The Labute approximate surface area is 94.2 Å². The maximum absolute atomic E-state index is 11.6. The minimum atomic E-state index is -0.188. The third-order valence-electron chi connectivity index (χ3n) is 2.82. The van der Waals surface area contributed by atoms with Crippen molar-refractivity contribution in [2.75, 3.05) is 24.3 Å². The SMILES string of the molecule is COC(=O)C1CCCN1c1ccnc(N)c1. The molecule has 1 atom stereocenters. The van der Waals surface area contributed by atoms with Gasteiger partial charge in [-0.3, -0.25) is 0 Å². The van der Waals surface area contributed by atoms with Crippen LogP contribution in [-0.4, -0.2) is 30.6 Å². The zero-order valence-corrected chi connectivity index (χ0v) is 9.22. The second-order valence-corrected chi connectivity index (χ2v) is 3.81. The number of rotatable bonds is 2. The van der Waals surface area contributed by atoms with Crippen molar-refractivity contribution in [1.82, 2.24) is 4.98 Å². The molecule has 0 aliphatic carbocycles. The van der Waals surface area contributed by atoms with Crippen LogP contribution in [-0.2, 0) is 9.53 Å². The molecular weight excluding hydrogens is 206 g/mol. The molecule has 0 amide bonds. The van der Waals surface area contributed by atoms with Gasteiger partial charge in [-0.1, -0.05) is 0 Å². The lowest BCUT2D eigenvalue weighted by molar-refractivity contribution is -0.141. The van der Waals surface area contributed by atoms with Gasteiger partial charge >= 0.3 is 5.97 Å². The molecule has 0 spiro atoms. The van der Waals surface area contributed by atoms with Gasteiger partial charge < -0.3 is 15.4 Å². The van der Waals surface area contributed by atoms with Crippen molar-refractivity contribution in [2.24, 2.45) is 0 Å². The van der Waals surface area contributed by atoms with Gasteiger partial charge in [0.1, 0.15) is 11.9 Å². The predicted molar refractivity (Wildman–Crippen MR) is 61.0 cm³/mol. The van der Waals surface area contributed by atoms with E-state index in [0.717, 1.165) is 25.1 Å². The topological polar surface area (TPSA) is 68.5 Å². The molecule has 86 valence electrons. The maximum Gasteiger partial charge on any atom is 0.328 e. The van der Waals surface area contributed by atoms with Gasteiger partial charge in [-0.25, -0.2) is 9.78 Å². The average Bonchev–Trinajstić information content (AvgIpc) is 2.77. The summed E-state index contributed by atoms with van der Waals surface area (Å²) in [5.41, 5.74) is 6.56. The van der Waals surface area contributed by atoms with Crippen LogP contribution in [0.5, 0.6) is 0 Å². The Morgan fingerprint density at radius 1 is 1.69 bits per heavy atom. The number of ether oxygens (including phenoxy) is 1. The molecule has 1 aromatic heterocycles. The van der Waals surface area contributed by atoms with E-state index in [0.29, 0.717) is 5.82 Å². The first-order valence-corrected chi connectivity index (χ1v) is 5.28. The number of nitrogen functional groups attached to an aromatic ring is 1. The van der Waals surface area contributed by atoms with Crippen LogP contribution in [0, 0.1) is 0 Å². The molecule has 1 aromatic rings. The fourth-order valence-electron chi connectivity index (χ4n) is 2.07. The summed E-state index contributed by atoms with van der Waals surface area (Å²) in [7, 11) is 1.42. The lowest BCUT2D eigenvalue weighted by Crippen LogP contribution is -2.36. The van der Waals surface area contributed by atoms with Gasteiger partial charge in [0.15, 0.2) is 0 Å². The van der Waals surface area contributed by atoms with E-state index in [4.69, 9.17) is 10.5 Å². The summed E-state index contributed by atoms with van der Waals surface area (Å²) in [4.78, 5) is 17.5. The maximum atomic E-state index is 11.6. The number of esters is 1. The summed E-state index contributed by atoms with van der Waals surface area (Å²) in [6.45, 7) is 0.850. The molecule has 2 heterocycles. The summed E-state index contributed by atoms with van der Waals surface area (Å²) >= 11 is 0. The van der Waals surface area contributed by atoms with Crippen molar-refractivity contribution >= 4 is 17.5 Å². The largest absolute Gasteiger partial charge is 0.467 e. The Kier molecular flexibility index (Phi) is 2.94. The Bertz CT molecular complexity index is 395. The predicted octanol–water partition coefficient (Wildman–Crippen LogP) is 0.806.